The van der Waals surface area contributed by atoms with E-state index in [1.54, 1.807) is 6.20 Å². The first-order chi connectivity index (χ1) is 12.6. The molecule has 5 heteroatoms. The number of aromatic nitrogens is 2. The van der Waals surface area contributed by atoms with Gasteiger partial charge in [-0.05, 0) is 43.0 Å². The van der Waals surface area contributed by atoms with Crippen molar-refractivity contribution in [1.82, 2.24) is 9.78 Å². The minimum Gasteiger partial charge on any atom is -0.310 e. The number of nitrogens with one attached hydrogen (secondary N) is 1. The van der Waals surface area contributed by atoms with Crippen LogP contribution in [0.5, 0.6) is 0 Å². The van der Waals surface area contributed by atoms with Crippen LogP contribution in [0.25, 0.3) is 0 Å². The standard InChI is InChI=1S/C21H20BrN3O/c1-15-2-4-16(5-3-15)14-25-19(10-13-23-25)24-20(26)21(11-12-21)17-6-8-18(22)9-7-17/h2-10,13H,11-12,14H2,1H3,(H,24,26). The number of aryl methyl sites for hydroxylation is 1. The molecule has 2 aromatic carbocycles. The quantitative estimate of drug-likeness (QED) is 0.665. The van der Waals surface area contributed by atoms with E-state index in [1.165, 1.54) is 5.56 Å². The van der Waals surface area contributed by atoms with Crippen molar-refractivity contribution in [3.63, 3.8) is 0 Å². The van der Waals surface area contributed by atoms with Gasteiger partial charge in [-0.2, -0.15) is 5.10 Å². The smallest absolute Gasteiger partial charge is 0.236 e. The maximum absolute atomic E-state index is 13.0. The van der Waals surface area contributed by atoms with E-state index in [4.69, 9.17) is 0 Å². The van der Waals surface area contributed by atoms with Gasteiger partial charge in [0.05, 0.1) is 18.2 Å². The molecule has 3 aromatic rings. The SMILES string of the molecule is Cc1ccc(Cn2nccc2NC(=O)C2(c3ccc(Br)cc3)CC2)cc1. The molecule has 1 heterocycles. The van der Waals surface area contributed by atoms with Crippen LogP contribution < -0.4 is 5.32 Å². The molecule has 0 spiro atoms. The molecule has 0 saturated heterocycles. The van der Waals surface area contributed by atoms with Crippen LogP contribution in [0.4, 0.5) is 5.82 Å². The summed E-state index contributed by atoms with van der Waals surface area (Å²) in [6, 6.07) is 18.2. The van der Waals surface area contributed by atoms with E-state index < -0.39 is 5.41 Å². The molecule has 1 N–H and O–H groups in total. The Morgan fingerprint density at radius 3 is 2.46 bits per heavy atom. The summed E-state index contributed by atoms with van der Waals surface area (Å²) in [7, 11) is 0. The molecule has 4 rings (SSSR count). The van der Waals surface area contributed by atoms with Crippen LogP contribution in [0.1, 0.15) is 29.5 Å². The molecular formula is C21H20BrN3O. The molecule has 1 aliphatic carbocycles. The van der Waals surface area contributed by atoms with Crippen LogP contribution in [0, 0.1) is 6.92 Å². The molecule has 132 valence electrons. The van der Waals surface area contributed by atoms with Crippen molar-refractivity contribution >= 4 is 27.7 Å². The minimum atomic E-state index is -0.403. The Labute approximate surface area is 161 Å². The summed E-state index contributed by atoms with van der Waals surface area (Å²) in [6.45, 7) is 2.70. The molecule has 1 amide bonds. The van der Waals surface area contributed by atoms with Crippen molar-refractivity contribution in [3.05, 3.63) is 82.0 Å². The molecule has 0 bridgehead atoms. The number of hydrogen-bond acceptors (Lipinski definition) is 2. The summed E-state index contributed by atoms with van der Waals surface area (Å²) in [5, 5.41) is 7.46. The van der Waals surface area contributed by atoms with Crippen molar-refractivity contribution in [2.24, 2.45) is 0 Å². The maximum Gasteiger partial charge on any atom is 0.236 e. The zero-order valence-corrected chi connectivity index (χ0v) is 16.2. The van der Waals surface area contributed by atoms with Crippen LogP contribution in [0.3, 0.4) is 0 Å². The van der Waals surface area contributed by atoms with Crippen LogP contribution in [0.15, 0.2) is 65.3 Å². The summed E-state index contributed by atoms with van der Waals surface area (Å²) >= 11 is 3.45. The van der Waals surface area contributed by atoms with E-state index in [0.717, 1.165) is 34.3 Å². The van der Waals surface area contributed by atoms with E-state index in [1.807, 2.05) is 35.0 Å². The summed E-state index contributed by atoms with van der Waals surface area (Å²) in [5.41, 5.74) is 3.05. The van der Waals surface area contributed by atoms with Gasteiger partial charge in [0.1, 0.15) is 5.82 Å². The lowest BCUT2D eigenvalue weighted by atomic mass is 9.95. The third kappa shape index (κ3) is 3.31. The highest BCUT2D eigenvalue weighted by Gasteiger charge is 2.51. The van der Waals surface area contributed by atoms with Crippen molar-refractivity contribution in [2.75, 3.05) is 5.32 Å². The topological polar surface area (TPSA) is 46.9 Å². The third-order valence-electron chi connectivity index (χ3n) is 4.99. The van der Waals surface area contributed by atoms with E-state index in [-0.39, 0.29) is 5.91 Å². The van der Waals surface area contributed by atoms with Crippen molar-refractivity contribution in [2.45, 2.75) is 31.7 Å². The van der Waals surface area contributed by atoms with Gasteiger partial charge in [-0.1, -0.05) is 57.9 Å². The van der Waals surface area contributed by atoms with Gasteiger partial charge in [-0.3, -0.25) is 4.79 Å². The Bertz CT molecular complexity index is 925. The van der Waals surface area contributed by atoms with Crippen LogP contribution in [0.2, 0.25) is 0 Å². The summed E-state index contributed by atoms with van der Waals surface area (Å²) in [5.74, 6) is 0.782. The first-order valence-corrected chi connectivity index (χ1v) is 9.51. The Kier molecular flexibility index (Phi) is 4.41. The number of carbonyl (C=O) groups is 1. The van der Waals surface area contributed by atoms with Crippen molar-refractivity contribution in [3.8, 4) is 0 Å². The summed E-state index contributed by atoms with van der Waals surface area (Å²) < 4.78 is 2.86. The van der Waals surface area contributed by atoms with E-state index >= 15 is 0 Å². The van der Waals surface area contributed by atoms with E-state index in [9.17, 15) is 4.79 Å². The highest BCUT2D eigenvalue weighted by molar-refractivity contribution is 9.10. The number of amides is 1. The average Bonchev–Trinajstić information content (AvgIpc) is 3.34. The van der Waals surface area contributed by atoms with Gasteiger partial charge < -0.3 is 5.32 Å². The zero-order valence-electron chi connectivity index (χ0n) is 14.6. The molecule has 4 nitrogen and oxygen atoms in total. The highest BCUT2D eigenvalue weighted by atomic mass is 79.9. The second-order valence-corrected chi connectivity index (χ2v) is 7.82. The molecule has 1 aromatic heterocycles. The zero-order chi connectivity index (χ0) is 18.1. The van der Waals surface area contributed by atoms with Gasteiger partial charge in [0.2, 0.25) is 5.91 Å². The maximum atomic E-state index is 13.0. The Morgan fingerprint density at radius 1 is 1.12 bits per heavy atom. The molecule has 0 atom stereocenters. The van der Waals surface area contributed by atoms with Gasteiger partial charge in [0, 0.05) is 10.5 Å². The van der Waals surface area contributed by atoms with Crippen molar-refractivity contribution < 1.29 is 4.79 Å². The largest absolute Gasteiger partial charge is 0.310 e. The molecule has 1 fully saturated rings. The molecular weight excluding hydrogens is 390 g/mol. The number of halogens is 1. The van der Waals surface area contributed by atoms with Crippen LogP contribution in [-0.2, 0) is 16.8 Å². The fourth-order valence-electron chi connectivity index (χ4n) is 3.21. The number of hydrogen-bond donors (Lipinski definition) is 1. The predicted octanol–water partition coefficient (Wildman–Crippen LogP) is 4.67. The fraction of sp³-hybridized carbons (Fsp3) is 0.238. The van der Waals surface area contributed by atoms with E-state index in [0.29, 0.717) is 6.54 Å². The normalized spacial score (nSPS) is 14.8. The monoisotopic (exact) mass is 409 g/mol. The number of nitrogens with zero attached hydrogens (tertiary/aromatic N) is 2. The van der Waals surface area contributed by atoms with Gasteiger partial charge in [-0.15, -0.1) is 0 Å². The van der Waals surface area contributed by atoms with Gasteiger partial charge in [0.15, 0.2) is 0 Å². The van der Waals surface area contributed by atoms with E-state index in [2.05, 4.69) is 57.5 Å². The summed E-state index contributed by atoms with van der Waals surface area (Å²) in [4.78, 5) is 13.0. The molecule has 0 unspecified atom stereocenters. The van der Waals surface area contributed by atoms with Crippen LogP contribution in [-0.4, -0.2) is 15.7 Å². The lowest BCUT2D eigenvalue weighted by Gasteiger charge is -2.17. The molecule has 26 heavy (non-hydrogen) atoms. The molecule has 0 radical (unpaired) electrons. The highest BCUT2D eigenvalue weighted by Crippen LogP contribution is 2.49. The Hall–Kier alpha value is -2.40. The van der Waals surface area contributed by atoms with Crippen molar-refractivity contribution in [1.29, 1.82) is 0 Å². The molecule has 1 saturated carbocycles. The third-order valence-corrected chi connectivity index (χ3v) is 5.52. The van der Waals surface area contributed by atoms with Gasteiger partial charge >= 0.3 is 0 Å². The fourth-order valence-corrected chi connectivity index (χ4v) is 3.47. The first-order valence-electron chi connectivity index (χ1n) is 8.72. The minimum absolute atomic E-state index is 0.0467. The predicted molar refractivity (Wildman–Crippen MR) is 106 cm³/mol. The second kappa shape index (κ2) is 6.72. The Balaban J connectivity index is 1.51. The number of benzene rings is 2. The molecule has 1 aliphatic rings. The second-order valence-electron chi connectivity index (χ2n) is 6.90. The summed E-state index contributed by atoms with van der Waals surface area (Å²) in [6.07, 6.45) is 3.49. The average molecular weight is 410 g/mol. The van der Waals surface area contributed by atoms with Gasteiger partial charge in [-0.25, -0.2) is 4.68 Å². The van der Waals surface area contributed by atoms with Crippen LogP contribution >= 0.6 is 15.9 Å². The first kappa shape index (κ1) is 17.0. The number of rotatable bonds is 5. The Morgan fingerprint density at radius 2 is 1.81 bits per heavy atom. The lowest BCUT2D eigenvalue weighted by molar-refractivity contribution is -0.118. The van der Waals surface area contributed by atoms with Gasteiger partial charge in [0.25, 0.3) is 0 Å². The number of carbonyl (C=O) groups excluding carboxylic acids is 1. The molecule has 0 aliphatic heterocycles. The lowest BCUT2D eigenvalue weighted by Crippen LogP contribution is -2.29. The number of anilines is 1.